The number of piperidine rings is 1. The quantitative estimate of drug-likeness (QED) is 0.928. The molecule has 2 heterocycles. The van der Waals surface area contributed by atoms with Gasteiger partial charge in [0.2, 0.25) is 0 Å². The van der Waals surface area contributed by atoms with E-state index < -0.39 is 5.60 Å². The average Bonchev–Trinajstić information content (AvgIpc) is 2.49. The van der Waals surface area contributed by atoms with Gasteiger partial charge in [-0.1, -0.05) is 18.2 Å². The molecule has 0 aromatic heterocycles. The van der Waals surface area contributed by atoms with Gasteiger partial charge in [0.25, 0.3) is 0 Å². The predicted molar refractivity (Wildman–Crippen MR) is 86.2 cm³/mol. The van der Waals surface area contributed by atoms with Crippen molar-refractivity contribution >= 4 is 0 Å². The molecule has 1 atom stereocenters. The van der Waals surface area contributed by atoms with E-state index in [4.69, 9.17) is 9.47 Å². The molecular formula is C18H27NO3. The van der Waals surface area contributed by atoms with E-state index in [9.17, 15) is 5.11 Å². The van der Waals surface area contributed by atoms with E-state index in [2.05, 4.69) is 4.90 Å². The molecule has 2 aliphatic rings. The second-order valence-electron chi connectivity index (χ2n) is 6.96. The van der Waals surface area contributed by atoms with Crippen molar-refractivity contribution < 1.29 is 14.6 Å². The lowest BCUT2D eigenvalue weighted by Gasteiger charge is -2.48. The van der Waals surface area contributed by atoms with E-state index in [0.29, 0.717) is 6.61 Å². The minimum absolute atomic E-state index is 0.0987. The molecule has 2 aliphatic heterocycles. The smallest absolute Gasteiger partial charge is 0.119 e. The predicted octanol–water partition coefficient (Wildman–Crippen LogP) is 2.46. The fraction of sp³-hybridized carbons (Fsp3) is 0.667. The van der Waals surface area contributed by atoms with Gasteiger partial charge >= 0.3 is 0 Å². The fourth-order valence-corrected chi connectivity index (χ4v) is 3.64. The number of rotatable bonds is 4. The first kappa shape index (κ1) is 15.8. The molecule has 1 aromatic carbocycles. The Bertz CT molecular complexity index is 466. The van der Waals surface area contributed by atoms with Crippen LogP contribution in [0.15, 0.2) is 30.3 Å². The summed E-state index contributed by atoms with van der Waals surface area (Å²) in [5.74, 6) is 0.933. The van der Waals surface area contributed by atoms with Gasteiger partial charge in [-0.25, -0.2) is 0 Å². The van der Waals surface area contributed by atoms with Gasteiger partial charge in [-0.3, -0.25) is 4.90 Å². The van der Waals surface area contributed by atoms with Crippen LogP contribution in [0.1, 0.15) is 32.6 Å². The lowest BCUT2D eigenvalue weighted by molar-refractivity contribution is -0.172. The number of para-hydroxylation sites is 1. The minimum Gasteiger partial charge on any atom is -0.492 e. The summed E-state index contributed by atoms with van der Waals surface area (Å²) in [5.41, 5.74) is -0.657. The van der Waals surface area contributed by atoms with Crippen molar-refractivity contribution in [3.8, 4) is 5.75 Å². The topological polar surface area (TPSA) is 41.9 Å². The second-order valence-corrected chi connectivity index (χ2v) is 6.96. The summed E-state index contributed by atoms with van der Waals surface area (Å²) in [6.07, 6.45) is 3.54. The van der Waals surface area contributed by atoms with Gasteiger partial charge in [0, 0.05) is 26.1 Å². The Morgan fingerprint density at radius 3 is 2.59 bits per heavy atom. The first-order chi connectivity index (χ1) is 10.6. The maximum Gasteiger partial charge on any atom is 0.119 e. The largest absolute Gasteiger partial charge is 0.492 e. The summed E-state index contributed by atoms with van der Waals surface area (Å²) in [5, 5.41) is 10.3. The van der Waals surface area contributed by atoms with Gasteiger partial charge in [-0.15, -0.1) is 0 Å². The van der Waals surface area contributed by atoms with Crippen LogP contribution in [0.2, 0.25) is 0 Å². The van der Waals surface area contributed by atoms with Crippen LogP contribution < -0.4 is 4.74 Å². The summed E-state index contributed by atoms with van der Waals surface area (Å²) in [6, 6.07) is 9.96. The highest BCUT2D eigenvalue weighted by Gasteiger charge is 2.44. The van der Waals surface area contributed by atoms with Crippen molar-refractivity contribution in [1.29, 1.82) is 0 Å². The fourth-order valence-electron chi connectivity index (χ4n) is 3.64. The number of hydrogen-bond acceptors (Lipinski definition) is 4. The first-order valence-corrected chi connectivity index (χ1v) is 8.34. The Morgan fingerprint density at radius 2 is 1.91 bits per heavy atom. The number of ether oxygens (including phenoxy) is 2. The van der Waals surface area contributed by atoms with Crippen molar-refractivity contribution in [1.82, 2.24) is 4.90 Å². The molecule has 2 saturated heterocycles. The SMILES string of the molecule is CC1(O)CCOC2(CCN(CCOc3ccccc3)CC2)C1. The third kappa shape index (κ3) is 4.00. The third-order valence-electron chi connectivity index (χ3n) is 4.94. The number of likely N-dealkylation sites (tertiary alicyclic amines) is 1. The summed E-state index contributed by atoms with van der Waals surface area (Å²) >= 11 is 0. The maximum absolute atomic E-state index is 10.3. The molecule has 4 heteroatoms. The van der Waals surface area contributed by atoms with E-state index >= 15 is 0 Å². The third-order valence-corrected chi connectivity index (χ3v) is 4.94. The van der Waals surface area contributed by atoms with Gasteiger partial charge in [0.15, 0.2) is 0 Å². The van der Waals surface area contributed by atoms with Crippen molar-refractivity contribution in [3.05, 3.63) is 30.3 Å². The molecule has 1 unspecified atom stereocenters. The molecule has 0 saturated carbocycles. The highest BCUT2D eigenvalue weighted by molar-refractivity contribution is 5.20. The van der Waals surface area contributed by atoms with Crippen molar-refractivity contribution in [2.75, 3.05) is 32.8 Å². The summed E-state index contributed by atoms with van der Waals surface area (Å²) in [7, 11) is 0. The van der Waals surface area contributed by atoms with E-state index in [1.807, 2.05) is 37.3 Å². The van der Waals surface area contributed by atoms with Crippen molar-refractivity contribution in [3.63, 3.8) is 0 Å². The van der Waals surface area contributed by atoms with Crippen LogP contribution in [0.3, 0.4) is 0 Å². The van der Waals surface area contributed by atoms with Gasteiger partial charge in [0.1, 0.15) is 12.4 Å². The molecule has 3 rings (SSSR count). The van der Waals surface area contributed by atoms with Crippen LogP contribution in [0.4, 0.5) is 0 Å². The molecule has 122 valence electrons. The molecule has 2 fully saturated rings. The number of aliphatic hydroxyl groups is 1. The Morgan fingerprint density at radius 1 is 1.18 bits per heavy atom. The van der Waals surface area contributed by atoms with Crippen molar-refractivity contribution in [2.45, 2.75) is 43.8 Å². The van der Waals surface area contributed by atoms with Gasteiger partial charge in [0.05, 0.1) is 17.8 Å². The molecule has 1 aromatic rings. The molecule has 0 radical (unpaired) electrons. The second kappa shape index (κ2) is 6.57. The summed E-state index contributed by atoms with van der Waals surface area (Å²) in [4.78, 5) is 2.43. The minimum atomic E-state index is -0.559. The zero-order valence-corrected chi connectivity index (χ0v) is 13.5. The number of nitrogens with zero attached hydrogens (tertiary/aromatic N) is 1. The van der Waals surface area contributed by atoms with E-state index in [1.165, 1.54) is 0 Å². The number of benzene rings is 1. The standard InChI is InChI=1S/C18H27NO3/c1-17(20)9-13-22-18(15-17)7-10-19(11-8-18)12-14-21-16-5-3-2-4-6-16/h2-6,20H,7-15H2,1H3. The monoisotopic (exact) mass is 305 g/mol. The summed E-state index contributed by atoms with van der Waals surface area (Å²) < 4.78 is 11.8. The summed E-state index contributed by atoms with van der Waals surface area (Å²) in [6.45, 7) is 6.33. The highest BCUT2D eigenvalue weighted by atomic mass is 16.5. The average molecular weight is 305 g/mol. The van der Waals surface area contributed by atoms with E-state index in [-0.39, 0.29) is 5.60 Å². The van der Waals surface area contributed by atoms with Crippen LogP contribution in [0.25, 0.3) is 0 Å². The van der Waals surface area contributed by atoms with Crippen molar-refractivity contribution in [2.24, 2.45) is 0 Å². The van der Waals surface area contributed by atoms with E-state index in [0.717, 1.165) is 57.7 Å². The Kier molecular flexibility index (Phi) is 4.71. The molecule has 0 amide bonds. The Labute approximate surface area is 133 Å². The molecule has 0 bridgehead atoms. The lowest BCUT2D eigenvalue weighted by Crippen LogP contribution is -2.53. The van der Waals surface area contributed by atoms with E-state index in [1.54, 1.807) is 0 Å². The van der Waals surface area contributed by atoms with Crippen LogP contribution in [-0.4, -0.2) is 54.1 Å². The van der Waals surface area contributed by atoms with Gasteiger partial charge < -0.3 is 14.6 Å². The highest BCUT2D eigenvalue weighted by Crippen LogP contribution is 2.39. The Hall–Kier alpha value is -1.10. The van der Waals surface area contributed by atoms with Gasteiger partial charge in [-0.05, 0) is 38.3 Å². The zero-order valence-electron chi connectivity index (χ0n) is 13.5. The zero-order chi connectivity index (χ0) is 15.5. The molecule has 1 spiro atoms. The van der Waals surface area contributed by atoms with Gasteiger partial charge in [-0.2, -0.15) is 0 Å². The van der Waals surface area contributed by atoms with Crippen LogP contribution in [0, 0.1) is 0 Å². The molecule has 4 nitrogen and oxygen atoms in total. The maximum atomic E-state index is 10.3. The Balaban J connectivity index is 1.42. The van der Waals surface area contributed by atoms with Crippen LogP contribution >= 0.6 is 0 Å². The van der Waals surface area contributed by atoms with Crippen LogP contribution in [-0.2, 0) is 4.74 Å². The molecule has 22 heavy (non-hydrogen) atoms. The molecular weight excluding hydrogens is 278 g/mol. The lowest BCUT2D eigenvalue weighted by atomic mass is 9.78. The first-order valence-electron chi connectivity index (χ1n) is 8.34. The van der Waals surface area contributed by atoms with Crippen LogP contribution in [0.5, 0.6) is 5.75 Å². The number of hydrogen-bond donors (Lipinski definition) is 1. The molecule has 1 N–H and O–H groups in total. The normalized spacial score (nSPS) is 28.6. The molecule has 0 aliphatic carbocycles.